The number of nitrogens with zero attached hydrogens (tertiary/aromatic N) is 4. The number of nitrogen functional groups attached to an aromatic ring is 1. The fraction of sp³-hybridized carbons (Fsp3) is 0.400. The third kappa shape index (κ3) is 2.61. The second-order valence-electron chi connectivity index (χ2n) is 5.54. The SMILES string of the molecule is Cc1cccc(N2CCN(C(=O)c3nc(N)n[nH]3)CC2)c1C. The van der Waals surface area contributed by atoms with Gasteiger partial charge in [0.05, 0.1) is 0 Å². The number of rotatable bonds is 2. The first-order valence-corrected chi connectivity index (χ1v) is 7.34. The molecule has 2 aromatic rings. The zero-order valence-electron chi connectivity index (χ0n) is 12.8. The first kappa shape index (κ1) is 14.4. The molecule has 7 heteroatoms. The number of aromatic nitrogens is 3. The zero-order valence-corrected chi connectivity index (χ0v) is 12.8. The molecule has 0 saturated carbocycles. The molecular formula is C15H20N6O. The highest BCUT2D eigenvalue weighted by molar-refractivity contribution is 5.90. The molecule has 0 aliphatic carbocycles. The molecule has 22 heavy (non-hydrogen) atoms. The quantitative estimate of drug-likeness (QED) is 0.862. The molecule has 0 bridgehead atoms. The molecular weight excluding hydrogens is 280 g/mol. The molecule has 0 spiro atoms. The summed E-state index contributed by atoms with van der Waals surface area (Å²) in [6.07, 6.45) is 0. The van der Waals surface area contributed by atoms with Crippen LogP contribution in [0.4, 0.5) is 11.6 Å². The number of H-pyrrole nitrogens is 1. The summed E-state index contributed by atoms with van der Waals surface area (Å²) < 4.78 is 0. The predicted molar refractivity (Wildman–Crippen MR) is 84.8 cm³/mol. The van der Waals surface area contributed by atoms with E-state index in [1.54, 1.807) is 4.90 Å². The first-order valence-electron chi connectivity index (χ1n) is 7.34. The van der Waals surface area contributed by atoms with Crippen LogP contribution >= 0.6 is 0 Å². The van der Waals surface area contributed by atoms with E-state index in [-0.39, 0.29) is 17.7 Å². The molecule has 3 rings (SSSR count). The number of hydrogen-bond acceptors (Lipinski definition) is 5. The summed E-state index contributed by atoms with van der Waals surface area (Å²) in [7, 11) is 0. The first-order chi connectivity index (χ1) is 10.6. The third-order valence-corrected chi connectivity index (χ3v) is 4.19. The van der Waals surface area contributed by atoms with Crippen LogP contribution in [0.3, 0.4) is 0 Å². The average molecular weight is 300 g/mol. The lowest BCUT2D eigenvalue weighted by Crippen LogP contribution is -2.49. The van der Waals surface area contributed by atoms with Crippen LogP contribution in [0.1, 0.15) is 21.7 Å². The number of aromatic amines is 1. The van der Waals surface area contributed by atoms with Crippen molar-refractivity contribution in [1.29, 1.82) is 0 Å². The number of benzene rings is 1. The minimum Gasteiger partial charge on any atom is -0.368 e. The Bertz CT molecular complexity index is 687. The van der Waals surface area contributed by atoms with Gasteiger partial charge in [0.2, 0.25) is 11.8 Å². The summed E-state index contributed by atoms with van der Waals surface area (Å²) in [6.45, 7) is 7.19. The van der Waals surface area contributed by atoms with E-state index in [1.807, 2.05) is 0 Å². The van der Waals surface area contributed by atoms with E-state index < -0.39 is 0 Å². The lowest BCUT2D eigenvalue weighted by Gasteiger charge is -2.36. The number of piperazine rings is 1. The van der Waals surface area contributed by atoms with E-state index >= 15 is 0 Å². The molecule has 2 heterocycles. The van der Waals surface area contributed by atoms with E-state index in [0.29, 0.717) is 13.1 Å². The van der Waals surface area contributed by atoms with Gasteiger partial charge in [-0.1, -0.05) is 12.1 Å². The summed E-state index contributed by atoms with van der Waals surface area (Å²) >= 11 is 0. The number of anilines is 2. The fourth-order valence-corrected chi connectivity index (χ4v) is 2.75. The number of carbonyl (C=O) groups is 1. The van der Waals surface area contributed by atoms with Crippen molar-refractivity contribution in [1.82, 2.24) is 20.1 Å². The second-order valence-corrected chi connectivity index (χ2v) is 5.54. The summed E-state index contributed by atoms with van der Waals surface area (Å²) in [4.78, 5) is 20.3. The predicted octanol–water partition coefficient (Wildman–Crippen LogP) is 0.966. The van der Waals surface area contributed by atoms with Gasteiger partial charge >= 0.3 is 0 Å². The van der Waals surface area contributed by atoms with Crippen molar-refractivity contribution in [3.05, 3.63) is 35.2 Å². The summed E-state index contributed by atoms with van der Waals surface area (Å²) in [5, 5.41) is 6.27. The molecule has 1 amide bonds. The minimum absolute atomic E-state index is 0.0948. The maximum atomic E-state index is 12.3. The number of hydrogen-bond donors (Lipinski definition) is 2. The highest BCUT2D eigenvalue weighted by atomic mass is 16.2. The lowest BCUT2D eigenvalue weighted by molar-refractivity contribution is 0.0735. The summed E-state index contributed by atoms with van der Waals surface area (Å²) in [5.41, 5.74) is 9.27. The molecule has 1 aromatic heterocycles. The van der Waals surface area contributed by atoms with Gasteiger partial charge in [-0.15, -0.1) is 5.10 Å². The van der Waals surface area contributed by atoms with Gasteiger partial charge in [0, 0.05) is 31.9 Å². The largest absolute Gasteiger partial charge is 0.368 e. The Labute approximate surface area is 129 Å². The van der Waals surface area contributed by atoms with E-state index in [4.69, 9.17) is 5.73 Å². The van der Waals surface area contributed by atoms with Crippen LogP contribution in [0.15, 0.2) is 18.2 Å². The van der Waals surface area contributed by atoms with E-state index in [9.17, 15) is 4.79 Å². The summed E-state index contributed by atoms with van der Waals surface area (Å²) in [6, 6.07) is 6.33. The van der Waals surface area contributed by atoms with Gasteiger partial charge in [-0.05, 0) is 31.0 Å². The van der Waals surface area contributed by atoms with Crippen LogP contribution in [0.5, 0.6) is 0 Å². The molecule has 0 atom stereocenters. The molecule has 1 fully saturated rings. The van der Waals surface area contributed by atoms with Crippen molar-refractivity contribution >= 4 is 17.5 Å². The van der Waals surface area contributed by atoms with Crippen LogP contribution in [0.2, 0.25) is 0 Å². The number of aryl methyl sites for hydroxylation is 1. The second kappa shape index (κ2) is 5.67. The van der Waals surface area contributed by atoms with Gasteiger partial charge in [0.15, 0.2) is 0 Å². The zero-order chi connectivity index (χ0) is 15.7. The topological polar surface area (TPSA) is 91.1 Å². The highest BCUT2D eigenvalue weighted by Crippen LogP contribution is 2.24. The van der Waals surface area contributed by atoms with Crippen molar-refractivity contribution in [3.63, 3.8) is 0 Å². The molecule has 7 nitrogen and oxygen atoms in total. The molecule has 1 saturated heterocycles. The van der Waals surface area contributed by atoms with E-state index in [2.05, 4.69) is 52.1 Å². The summed E-state index contributed by atoms with van der Waals surface area (Å²) in [5.74, 6) is 0.153. The maximum Gasteiger partial charge on any atom is 0.291 e. The van der Waals surface area contributed by atoms with Crippen LogP contribution < -0.4 is 10.6 Å². The van der Waals surface area contributed by atoms with Crippen molar-refractivity contribution in [2.45, 2.75) is 13.8 Å². The van der Waals surface area contributed by atoms with Gasteiger partial charge in [-0.25, -0.2) is 0 Å². The molecule has 3 N–H and O–H groups in total. The Hall–Kier alpha value is -2.57. The van der Waals surface area contributed by atoms with Gasteiger partial charge < -0.3 is 15.5 Å². The van der Waals surface area contributed by atoms with Crippen molar-refractivity contribution in [2.24, 2.45) is 0 Å². The molecule has 0 radical (unpaired) electrons. The number of amides is 1. The molecule has 1 aliphatic rings. The van der Waals surface area contributed by atoms with Gasteiger partial charge in [-0.2, -0.15) is 4.98 Å². The Kier molecular flexibility index (Phi) is 3.70. The normalized spacial score (nSPS) is 15.2. The Balaban J connectivity index is 1.67. The van der Waals surface area contributed by atoms with E-state index in [0.717, 1.165) is 13.1 Å². The van der Waals surface area contributed by atoms with Crippen LogP contribution in [-0.2, 0) is 0 Å². The van der Waals surface area contributed by atoms with Crippen LogP contribution in [0, 0.1) is 13.8 Å². The van der Waals surface area contributed by atoms with E-state index in [1.165, 1.54) is 16.8 Å². The average Bonchev–Trinajstić information content (AvgIpc) is 2.96. The van der Waals surface area contributed by atoms with Crippen molar-refractivity contribution in [3.8, 4) is 0 Å². The molecule has 0 unspecified atom stereocenters. The maximum absolute atomic E-state index is 12.3. The molecule has 1 aliphatic heterocycles. The van der Waals surface area contributed by atoms with Gasteiger partial charge in [0.25, 0.3) is 5.91 Å². The monoisotopic (exact) mass is 300 g/mol. The van der Waals surface area contributed by atoms with Crippen LogP contribution in [0.25, 0.3) is 0 Å². The number of carbonyl (C=O) groups excluding carboxylic acids is 1. The molecule has 1 aromatic carbocycles. The number of nitrogens with one attached hydrogen (secondary N) is 1. The Morgan fingerprint density at radius 3 is 2.59 bits per heavy atom. The van der Waals surface area contributed by atoms with Crippen molar-refractivity contribution in [2.75, 3.05) is 36.8 Å². The Morgan fingerprint density at radius 1 is 1.23 bits per heavy atom. The number of nitrogens with two attached hydrogens (primary N) is 1. The fourth-order valence-electron chi connectivity index (χ4n) is 2.75. The smallest absolute Gasteiger partial charge is 0.291 e. The highest BCUT2D eigenvalue weighted by Gasteiger charge is 2.25. The Morgan fingerprint density at radius 2 is 1.95 bits per heavy atom. The lowest BCUT2D eigenvalue weighted by atomic mass is 10.1. The standard InChI is InChI=1S/C15H20N6O/c1-10-4-3-5-12(11(10)2)20-6-8-21(9-7-20)14(22)13-17-15(16)19-18-13/h3-5H,6-9H2,1-2H3,(H3,16,17,18,19). The molecule has 116 valence electrons. The minimum atomic E-state index is -0.148. The third-order valence-electron chi connectivity index (χ3n) is 4.19. The van der Waals surface area contributed by atoms with Gasteiger partial charge in [-0.3, -0.25) is 9.89 Å². The van der Waals surface area contributed by atoms with Crippen molar-refractivity contribution < 1.29 is 4.79 Å². The van der Waals surface area contributed by atoms with Crippen LogP contribution in [-0.4, -0.2) is 52.2 Å². The van der Waals surface area contributed by atoms with Gasteiger partial charge in [0.1, 0.15) is 0 Å².